The normalized spacial score (nSPS) is 20.2. The van der Waals surface area contributed by atoms with Crippen molar-refractivity contribution in [3.05, 3.63) is 28.8 Å². The van der Waals surface area contributed by atoms with E-state index in [1.165, 1.54) is 16.7 Å². The Kier molecular flexibility index (Phi) is 3.64. The number of hydrogen-bond donors (Lipinski definition) is 1. The molecule has 3 nitrogen and oxygen atoms in total. The van der Waals surface area contributed by atoms with Crippen LogP contribution in [0.1, 0.15) is 43.6 Å². The molecule has 1 aromatic rings. The molecule has 100 valence electrons. The zero-order valence-corrected chi connectivity index (χ0v) is 12.0. The minimum atomic E-state index is 0.0693. The van der Waals surface area contributed by atoms with Crippen molar-refractivity contribution < 1.29 is 9.47 Å². The molecule has 1 fully saturated rings. The highest BCUT2D eigenvalue weighted by atomic mass is 16.5. The van der Waals surface area contributed by atoms with Crippen molar-refractivity contribution in [2.45, 2.75) is 39.2 Å². The van der Waals surface area contributed by atoms with E-state index in [2.05, 4.69) is 45.1 Å². The molecule has 0 bridgehead atoms. The van der Waals surface area contributed by atoms with Crippen molar-refractivity contribution in [2.75, 3.05) is 20.4 Å². The summed E-state index contributed by atoms with van der Waals surface area (Å²) in [7, 11) is 1.73. The van der Waals surface area contributed by atoms with Gasteiger partial charge in [-0.05, 0) is 41.2 Å². The van der Waals surface area contributed by atoms with Gasteiger partial charge in [0.05, 0.1) is 19.9 Å². The van der Waals surface area contributed by atoms with Crippen molar-refractivity contribution in [3.8, 4) is 5.75 Å². The Hall–Kier alpha value is -1.06. The molecule has 1 unspecified atom stereocenters. The van der Waals surface area contributed by atoms with Crippen molar-refractivity contribution in [1.82, 2.24) is 5.32 Å². The van der Waals surface area contributed by atoms with Gasteiger partial charge in [-0.15, -0.1) is 0 Å². The molecule has 1 aromatic carbocycles. The topological polar surface area (TPSA) is 30.5 Å². The molecule has 0 saturated carbocycles. The van der Waals surface area contributed by atoms with Crippen LogP contribution in [-0.2, 0) is 10.2 Å². The summed E-state index contributed by atoms with van der Waals surface area (Å²) in [6, 6.07) is 4.36. The van der Waals surface area contributed by atoms with Gasteiger partial charge in [-0.25, -0.2) is 0 Å². The number of nitrogens with one attached hydrogen (secondary N) is 1. The van der Waals surface area contributed by atoms with Crippen LogP contribution in [-0.4, -0.2) is 20.4 Å². The third-order valence-electron chi connectivity index (χ3n) is 3.46. The lowest BCUT2D eigenvalue weighted by atomic mass is 9.83. The summed E-state index contributed by atoms with van der Waals surface area (Å²) in [4.78, 5) is 0. The molecule has 0 aliphatic carbocycles. The largest absolute Gasteiger partial charge is 0.496 e. The van der Waals surface area contributed by atoms with Crippen LogP contribution < -0.4 is 10.1 Å². The smallest absolute Gasteiger partial charge is 0.122 e. The zero-order chi connectivity index (χ0) is 13.3. The number of ether oxygens (including phenoxy) is 2. The first-order chi connectivity index (χ1) is 8.43. The summed E-state index contributed by atoms with van der Waals surface area (Å²) >= 11 is 0. The van der Waals surface area contributed by atoms with Gasteiger partial charge in [0.15, 0.2) is 0 Å². The Labute approximate surface area is 109 Å². The van der Waals surface area contributed by atoms with E-state index < -0.39 is 0 Å². The van der Waals surface area contributed by atoms with Gasteiger partial charge in [0.1, 0.15) is 5.75 Å². The number of hydrogen-bond acceptors (Lipinski definition) is 3. The monoisotopic (exact) mass is 249 g/mol. The van der Waals surface area contributed by atoms with E-state index in [1.54, 1.807) is 7.11 Å². The predicted molar refractivity (Wildman–Crippen MR) is 73.1 cm³/mol. The highest BCUT2D eigenvalue weighted by molar-refractivity contribution is 5.46. The molecule has 0 spiro atoms. The van der Waals surface area contributed by atoms with Gasteiger partial charge in [-0.2, -0.15) is 0 Å². The average Bonchev–Trinajstić information content (AvgIpc) is 2.80. The molecule has 0 radical (unpaired) electrons. The lowest BCUT2D eigenvalue weighted by Gasteiger charge is -2.25. The lowest BCUT2D eigenvalue weighted by Crippen LogP contribution is -2.15. The standard InChI is InChI=1S/C15H23NO2/c1-10-6-13(17-5)12(15(2,3)4)7-11(10)14-8-16-9-18-14/h6-7,14,16H,8-9H2,1-5H3. The summed E-state index contributed by atoms with van der Waals surface area (Å²) in [5.74, 6) is 0.967. The number of aryl methyl sites for hydroxylation is 1. The van der Waals surface area contributed by atoms with Crippen LogP contribution in [0.5, 0.6) is 5.75 Å². The molecule has 1 aliphatic heterocycles. The molecule has 1 heterocycles. The van der Waals surface area contributed by atoms with E-state index in [0.717, 1.165) is 12.3 Å². The van der Waals surface area contributed by atoms with E-state index in [4.69, 9.17) is 9.47 Å². The minimum Gasteiger partial charge on any atom is -0.496 e. The second kappa shape index (κ2) is 4.90. The van der Waals surface area contributed by atoms with Gasteiger partial charge in [-0.1, -0.05) is 20.8 Å². The number of rotatable bonds is 2. The molecule has 2 rings (SSSR count). The lowest BCUT2D eigenvalue weighted by molar-refractivity contribution is 0.113. The molecule has 0 amide bonds. The highest BCUT2D eigenvalue weighted by Crippen LogP contribution is 2.36. The molecule has 18 heavy (non-hydrogen) atoms. The Morgan fingerprint density at radius 2 is 2.06 bits per heavy atom. The molecular formula is C15H23NO2. The first-order valence-corrected chi connectivity index (χ1v) is 6.45. The fourth-order valence-corrected chi connectivity index (χ4v) is 2.41. The van der Waals surface area contributed by atoms with Crippen molar-refractivity contribution >= 4 is 0 Å². The maximum absolute atomic E-state index is 5.71. The zero-order valence-electron chi connectivity index (χ0n) is 12.0. The van der Waals surface area contributed by atoms with E-state index in [1.807, 2.05) is 0 Å². The molecule has 0 aromatic heterocycles. The molecular weight excluding hydrogens is 226 g/mol. The maximum atomic E-state index is 5.71. The first-order valence-electron chi connectivity index (χ1n) is 6.45. The minimum absolute atomic E-state index is 0.0693. The third kappa shape index (κ3) is 2.52. The van der Waals surface area contributed by atoms with Crippen LogP contribution in [0.4, 0.5) is 0 Å². The van der Waals surface area contributed by atoms with Gasteiger partial charge < -0.3 is 9.47 Å². The summed E-state index contributed by atoms with van der Waals surface area (Å²) in [6.07, 6.45) is 0.164. The van der Waals surface area contributed by atoms with Crippen LogP contribution in [0.25, 0.3) is 0 Å². The van der Waals surface area contributed by atoms with Gasteiger partial charge in [0.25, 0.3) is 0 Å². The fourth-order valence-electron chi connectivity index (χ4n) is 2.41. The van der Waals surface area contributed by atoms with Crippen molar-refractivity contribution in [3.63, 3.8) is 0 Å². The first kappa shape index (κ1) is 13.4. The molecule has 1 N–H and O–H groups in total. The average molecular weight is 249 g/mol. The van der Waals surface area contributed by atoms with Crippen molar-refractivity contribution in [2.24, 2.45) is 0 Å². The third-order valence-corrected chi connectivity index (χ3v) is 3.46. The maximum Gasteiger partial charge on any atom is 0.122 e. The second-order valence-electron chi connectivity index (χ2n) is 5.91. The predicted octanol–water partition coefficient (Wildman–Crippen LogP) is 2.92. The van der Waals surface area contributed by atoms with Crippen LogP contribution in [0.3, 0.4) is 0 Å². The summed E-state index contributed by atoms with van der Waals surface area (Å²) in [6.45, 7) is 10.3. The van der Waals surface area contributed by atoms with E-state index >= 15 is 0 Å². The van der Waals surface area contributed by atoms with Crippen LogP contribution in [0.15, 0.2) is 12.1 Å². The summed E-state index contributed by atoms with van der Waals surface area (Å²) in [5, 5.41) is 3.23. The van der Waals surface area contributed by atoms with Gasteiger partial charge >= 0.3 is 0 Å². The second-order valence-corrected chi connectivity index (χ2v) is 5.91. The van der Waals surface area contributed by atoms with Gasteiger partial charge in [0.2, 0.25) is 0 Å². The molecule has 1 aliphatic rings. The fraction of sp³-hybridized carbons (Fsp3) is 0.600. The SMILES string of the molecule is COc1cc(C)c(C2CNCO2)cc1C(C)(C)C. The van der Waals surface area contributed by atoms with Crippen LogP contribution in [0.2, 0.25) is 0 Å². The highest BCUT2D eigenvalue weighted by Gasteiger charge is 2.25. The Morgan fingerprint density at radius 3 is 2.56 bits per heavy atom. The Morgan fingerprint density at radius 1 is 1.33 bits per heavy atom. The number of methoxy groups -OCH3 is 1. The summed E-state index contributed by atoms with van der Waals surface area (Å²) < 4.78 is 11.2. The van der Waals surface area contributed by atoms with E-state index in [9.17, 15) is 0 Å². The Balaban J connectivity index is 2.48. The molecule has 1 atom stereocenters. The quantitative estimate of drug-likeness (QED) is 0.874. The van der Waals surface area contributed by atoms with E-state index in [-0.39, 0.29) is 11.5 Å². The Bertz CT molecular complexity index is 429. The molecule has 1 saturated heterocycles. The van der Waals surface area contributed by atoms with Crippen LogP contribution in [0, 0.1) is 6.92 Å². The van der Waals surface area contributed by atoms with Gasteiger partial charge in [-0.3, -0.25) is 5.32 Å². The number of benzene rings is 1. The van der Waals surface area contributed by atoms with Crippen molar-refractivity contribution in [1.29, 1.82) is 0 Å². The van der Waals surface area contributed by atoms with Crippen LogP contribution >= 0.6 is 0 Å². The summed E-state index contributed by atoms with van der Waals surface area (Å²) in [5.41, 5.74) is 3.81. The van der Waals surface area contributed by atoms with E-state index in [0.29, 0.717) is 6.73 Å². The van der Waals surface area contributed by atoms with Gasteiger partial charge in [0, 0.05) is 6.54 Å². The molecule has 3 heteroatoms.